The molecular formula is C18H31NO2. The minimum absolute atomic E-state index is 0.0774. The van der Waals surface area contributed by atoms with Gasteiger partial charge < -0.3 is 4.90 Å². The quantitative estimate of drug-likeness (QED) is 0.779. The van der Waals surface area contributed by atoms with Crippen LogP contribution in [-0.2, 0) is 9.59 Å². The maximum Gasteiger partial charge on any atom is 0.225 e. The molecule has 1 amide bonds. The van der Waals surface area contributed by atoms with Crippen LogP contribution in [0.25, 0.3) is 0 Å². The molecule has 0 aromatic rings. The second kappa shape index (κ2) is 6.50. The summed E-state index contributed by atoms with van der Waals surface area (Å²) in [5.41, 5.74) is 0.360. The third kappa shape index (κ3) is 3.87. The van der Waals surface area contributed by atoms with Crippen LogP contribution in [0.3, 0.4) is 0 Å². The van der Waals surface area contributed by atoms with Gasteiger partial charge in [0.1, 0.15) is 5.78 Å². The van der Waals surface area contributed by atoms with Crippen LogP contribution >= 0.6 is 0 Å². The molecule has 1 saturated carbocycles. The molecule has 0 aromatic carbocycles. The average Bonchev–Trinajstić information content (AvgIpc) is 2.46. The minimum atomic E-state index is 0.0774. The lowest BCUT2D eigenvalue weighted by Crippen LogP contribution is -2.47. The van der Waals surface area contributed by atoms with Gasteiger partial charge in [0.2, 0.25) is 5.91 Å². The van der Waals surface area contributed by atoms with Crippen molar-refractivity contribution in [3.63, 3.8) is 0 Å². The van der Waals surface area contributed by atoms with E-state index in [0.29, 0.717) is 36.6 Å². The van der Waals surface area contributed by atoms with Crippen molar-refractivity contribution in [1.82, 2.24) is 4.90 Å². The normalized spacial score (nSPS) is 31.3. The van der Waals surface area contributed by atoms with Crippen LogP contribution in [0.4, 0.5) is 0 Å². The standard InChI is InChI=1S/C18H31NO2/c1-5-13-12-19(11-10-16(13)20)17(21)14-6-8-15(9-7-14)18(2,3)4/h13-15H,5-12H2,1-4H3. The van der Waals surface area contributed by atoms with Gasteiger partial charge in [0.05, 0.1) is 0 Å². The fourth-order valence-corrected chi connectivity index (χ4v) is 3.93. The highest BCUT2D eigenvalue weighted by atomic mass is 16.2. The molecule has 0 radical (unpaired) electrons. The fraction of sp³-hybridized carbons (Fsp3) is 0.889. The summed E-state index contributed by atoms with van der Waals surface area (Å²) in [5, 5.41) is 0. The van der Waals surface area contributed by atoms with E-state index in [1.807, 2.05) is 11.8 Å². The summed E-state index contributed by atoms with van der Waals surface area (Å²) in [4.78, 5) is 26.4. The van der Waals surface area contributed by atoms with E-state index in [9.17, 15) is 9.59 Å². The van der Waals surface area contributed by atoms with Crippen molar-refractivity contribution in [2.75, 3.05) is 13.1 Å². The molecule has 3 heteroatoms. The smallest absolute Gasteiger partial charge is 0.225 e. The van der Waals surface area contributed by atoms with E-state index in [1.54, 1.807) is 0 Å². The van der Waals surface area contributed by atoms with Gasteiger partial charge in [-0.05, 0) is 43.4 Å². The summed E-state index contributed by atoms with van der Waals surface area (Å²) < 4.78 is 0. The number of Topliss-reactive ketones (excluding diaryl/α,β-unsaturated/α-hetero) is 1. The number of amides is 1. The van der Waals surface area contributed by atoms with Crippen LogP contribution in [0.5, 0.6) is 0 Å². The van der Waals surface area contributed by atoms with Gasteiger partial charge in [0, 0.05) is 31.3 Å². The van der Waals surface area contributed by atoms with Gasteiger partial charge in [-0.15, -0.1) is 0 Å². The van der Waals surface area contributed by atoms with Gasteiger partial charge in [0.25, 0.3) is 0 Å². The Morgan fingerprint density at radius 2 is 1.81 bits per heavy atom. The van der Waals surface area contributed by atoms with Crippen molar-refractivity contribution in [3.8, 4) is 0 Å². The SMILES string of the molecule is CCC1CN(C(=O)C2CCC(C(C)(C)C)CC2)CCC1=O. The maximum absolute atomic E-state index is 12.7. The summed E-state index contributed by atoms with van der Waals surface area (Å²) in [5.74, 6) is 1.68. The van der Waals surface area contributed by atoms with Crippen molar-refractivity contribution in [2.45, 2.75) is 66.2 Å². The summed E-state index contributed by atoms with van der Waals surface area (Å²) in [6.45, 7) is 10.3. The molecule has 1 heterocycles. The van der Waals surface area contributed by atoms with E-state index < -0.39 is 0 Å². The summed E-state index contributed by atoms with van der Waals surface area (Å²) in [7, 11) is 0. The molecule has 1 atom stereocenters. The van der Waals surface area contributed by atoms with Gasteiger partial charge in [-0.25, -0.2) is 0 Å². The maximum atomic E-state index is 12.7. The van der Waals surface area contributed by atoms with Crippen LogP contribution in [0, 0.1) is 23.2 Å². The van der Waals surface area contributed by atoms with Gasteiger partial charge in [0.15, 0.2) is 0 Å². The van der Waals surface area contributed by atoms with Crippen molar-refractivity contribution in [3.05, 3.63) is 0 Å². The molecule has 0 aromatic heterocycles. The Kier molecular flexibility index (Phi) is 5.11. The van der Waals surface area contributed by atoms with Crippen LogP contribution in [0.2, 0.25) is 0 Å². The largest absolute Gasteiger partial charge is 0.341 e. The molecular weight excluding hydrogens is 262 g/mol. The first-order valence-corrected chi connectivity index (χ1v) is 8.64. The van der Waals surface area contributed by atoms with E-state index >= 15 is 0 Å². The first-order chi connectivity index (χ1) is 9.82. The van der Waals surface area contributed by atoms with Crippen molar-refractivity contribution in [1.29, 1.82) is 0 Å². The summed E-state index contributed by atoms with van der Waals surface area (Å²) in [6.07, 6.45) is 5.82. The molecule has 1 saturated heterocycles. The third-order valence-electron chi connectivity index (χ3n) is 5.63. The Labute approximate surface area is 129 Å². The van der Waals surface area contributed by atoms with E-state index in [-0.39, 0.29) is 11.8 Å². The molecule has 3 nitrogen and oxygen atoms in total. The highest BCUT2D eigenvalue weighted by Crippen LogP contribution is 2.40. The second-order valence-electron chi connectivity index (χ2n) is 8.02. The van der Waals surface area contributed by atoms with Crippen LogP contribution < -0.4 is 0 Å². The summed E-state index contributed by atoms with van der Waals surface area (Å²) >= 11 is 0. The molecule has 2 aliphatic rings. The first kappa shape index (κ1) is 16.5. The molecule has 2 fully saturated rings. The van der Waals surface area contributed by atoms with Crippen molar-refractivity contribution in [2.24, 2.45) is 23.2 Å². The highest BCUT2D eigenvalue weighted by molar-refractivity contribution is 5.86. The van der Waals surface area contributed by atoms with E-state index in [4.69, 9.17) is 0 Å². The fourth-order valence-electron chi connectivity index (χ4n) is 3.93. The predicted molar refractivity (Wildman–Crippen MR) is 84.9 cm³/mol. The number of rotatable bonds is 2. The van der Waals surface area contributed by atoms with Crippen LogP contribution in [-0.4, -0.2) is 29.7 Å². The average molecular weight is 293 g/mol. The Morgan fingerprint density at radius 3 is 2.33 bits per heavy atom. The van der Waals surface area contributed by atoms with Crippen molar-refractivity contribution < 1.29 is 9.59 Å². The molecule has 1 aliphatic heterocycles. The summed E-state index contributed by atoms with van der Waals surface area (Å²) in [6, 6.07) is 0. The number of likely N-dealkylation sites (tertiary alicyclic amines) is 1. The number of hydrogen-bond acceptors (Lipinski definition) is 2. The zero-order valence-electron chi connectivity index (χ0n) is 14.2. The zero-order chi connectivity index (χ0) is 15.6. The Bertz CT molecular complexity index is 389. The number of carbonyl (C=O) groups excluding carboxylic acids is 2. The first-order valence-electron chi connectivity index (χ1n) is 8.64. The lowest BCUT2D eigenvalue weighted by molar-refractivity contribution is -0.142. The minimum Gasteiger partial charge on any atom is -0.341 e. The number of piperidine rings is 1. The Morgan fingerprint density at radius 1 is 1.19 bits per heavy atom. The zero-order valence-corrected chi connectivity index (χ0v) is 14.2. The number of nitrogens with zero attached hydrogens (tertiary/aromatic N) is 1. The van der Waals surface area contributed by atoms with Gasteiger partial charge in [-0.2, -0.15) is 0 Å². The predicted octanol–water partition coefficient (Wildman–Crippen LogP) is 3.67. The van der Waals surface area contributed by atoms with E-state index in [2.05, 4.69) is 20.8 Å². The van der Waals surface area contributed by atoms with Gasteiger partial charge in [-0.3, -0.25) is 9.59 Å². The van der Waals surface area contributed by atoms with Crippen LogP contribution in [0.1, 0.15) is 66.2 Å². The molecule has 0 N–H and O–H groups in total. The lowest BCUT2D eigenvalue weighted by atomic mass is 9.69. The van der Waals surface area contributed by atoms with E-state index in [0.717, 1.165) is 25.2 Å². The monoisotopic (exact) mass is 293 g/mol. The second-order valence-corrected chi connectivity index (χ2v) is 8.02. The highest BCUT2D eigenvalue weighted by Gasteiger charge is 2.36. The Balaban J connectivity index is 1.89. The molecule has 120 valence electrons. The number of ketones is 1. The van der Waals surface area contributed by atoms with Gasteiger partial charge >= 0.3 is 0 Å². The molecule has 1 unspecified atom stereocenters. The van der Waals surface area contributed by atoms with Crippen molar-refractivity contribution >= 4 is 11.7 Å². The molecule has 0 spiro atoms. The number of hydrogen-bond donors (Lipinski definition) is 0. The van der Waals surface area contributed by atoms with Crippen LogP contribution in [0.15, 0.2) is 0 Å². The molecule has 0 bridgehead atoms. The topological polar surface area (TPSA) is 37.4 Å². The van der Waals surface area contributed by atoms with E-state index in [1.165, 1.54) is 12.8 Å². The molecule has 2 rings (SSSR count). The molecule has 21 heavy (non-hydrogen) atoms. The van der Waals surface area contributed by atoms with Gasteiger partial charge in [-0.1, -0.05) is 27.7 Å². The Hall–Kier alpha value is -0.860. The lowest BCUT2D eigenvalue weighted by Gasteiger charge is -2.39. The third-order valence-corrected chi connectivity index (χ3v) is 5.63. The number of carbonyl (C=O) groups is 2. The molecule has 1 aliphatic carbocycles.